The summed E-state index contributed by atoms with van der Waals surface area (Å²) < 4.78 is 25.9. The van der Waals surface area contributed by atoms with Gasteiger partial charge in [0.05, 0.1) is 5.75 Å². The third kappa shape index (κ3) is 6.61. The molecule has 2 N–H and O–H groups in total. The molecule has 0 aliphatic rings. The highest BCUT2D eigenvalue weighted by atomic mass is 32.2. The summed E-state index contributed by atoms with van der Waals surface area (Å²) in [6, 6.07) is 0. The molecular weight excluding hydrogens is 274 g/mol. The van der Waals surface area contributed by atoms with Crippen molar-refractivity contribution in [3.63, 3.8) is 0 Å². The number of thioether (sulfide) groups is 1. The van der Waals surface area contributed by atoms with Crippen LogP contribution >= 0.6 is 11.8 Å². The van der Waals surface area contributed by atoms with E-state index in [-0.39, 0.29) is 23.3 Å². The topological polar surface area (TPSA) is 83.5 Å². The molecule has 5 nitrogen and oxygen atoms in total. The summed E-state index contributed by atoms with van der Waals surface area (Å²) >= 11 is 1.67. The van der Waals surface area contributed by atoms with E-state index < -0.39 is 16.0 Å². The van der Waals surface area contributed by atoms with Crippen LogP contribution in [0.5, 0.6) is 0 Å². The van der Waals surface area contributed by atoms with Crippen molar-refractivity contribution < 1.29 is 18.3 Å². The average molecular weight is 297 g/mol. The molecule has 0 unspecified atom stereocenters. The molecule has 0 atom stereocenters. The van der Waals surface area contributed by atoms with Crippen LogP contribution in [0.25, 0.3) is 0 Å². The highest BCUT2D eigenvalue weighted by molar-refractivity contribution is 8.00. The van der Waals surface area contributed by atoms with E-state index in [1.165, 1.54) is 0 Å². The number of carbonyl (C=O) groups is 1. The summed E-state index contributed by atoms with van der Waals surface area (Å²) in [7, 11) is -3.37. The van der Waals surface area contributed by atoms with E-state index in [1.807, 2.05) is 20.1 Å². The molecule has 0 aliphatic carbocycles. The Kier molecular flexibility index (Phi) is 7.89. The second kappa shape index (κ2) is 8.01. The summed E-state index contributed by atoms with van der Waals surface area (Å²) in [4.78, 5) is 10.3. The normalized spacial score (nSPS) is 12.6. The lowest BCUT2D eigenvalue weighted by Gasteiger charge is -2.29. The van der Waals surface area contributed by atoms with Crippen LogP contribution in [-0.2, 0) is 14.8 Å². The van der Waals surface area contributed by atoms with Crippen molar-refractivity contribution in [2.24, 2.45) is 0 Å². The number of carboxylic acid groups (broad SMARTS) is 1. The molecule has 0 saturated heterocycles. The van der Waals surface area contributed by atoms with Gasteiger partial charge in [-0.05, 0) is 25.5 Å². The Morgan fingerprint density at radius 2 is 1.89 bits per heavy atom. The lowest BCUT2D eigenvalue weighted by molar-refractivity contribution is -0.137. The molecule has 0 radical (unpaired) electrons. The van der Waals surface area contributed by atoms with Gasteiger partial charge in [-0.2, -0.15) is 11.8 Å². The summed E-state index contributed by atoms with van der Waals surface area (Å²) in [5.74, 6) is -1.09. The van der Waals surface area contributed by atoms with Gasteiger partial charge in [0.15, 0.2) is 0 Å². The molecule has 0 rings (SSSR count). The lowest BCUT2D eigenvalue weighted by atomic mass is 10.0. The number of sulfonamides is 1. The smallest absolute Gasteiger partial charge is 0.303 e. The maximum atomic E-state index is 11.7. The third-order valence-corrected chi connectivity index (χ3v) is 6.14. The molecule has 0 aromatic heterocycles. The second-order valence-electron chi connectivity index (χ2n) is 4.23. The minimum Gasteiger partial charge on any atom is -0.481 e. The maximum Gasteiger partial charge on any atom is 0.303 e. The molecule has 18 heavy (non-hydrogen) atoms. The molecule has 7 heteroatoms. The Morgan fingerprint density at radius 3 is 2.28 bits per heavy atom. The molecule has 0 fully saturated rings. The van der Waals surface area contributed by atoms with Crippen LogP contribution in [0.1, 0.15) is 39.5 Å². The number of nitrogens with one attached hydrogen (secondary N) is 1. The van der Waals surface area contributed by atoms with Gasteiger partial charge in [0.25, 0.3) is 0 Å². The fourth-order valence-corrected chi connectivity index (χ4v) is 3.64. The van der Waals surface area contributed by atoms with Crippen molar-refractivity contribution in [3.05, 3.63) is 0 Å². The number of aliphatic carboxylic acids is 1. The van der Waals surface area contributed by atoms with E-state index in [9.17, 15) is 13.2 Å². The van der Waals surface area contributed by atoms with Crippen LogP contribution in [0, 0.1) is 0 Å². The van der Waals surface area contributed by atoms with Gasteiger partial charge in [-0.25, -0.2) is 13.1 Å². The van der Waals surface area contributed by atoms with Crippen LogP contribution < -0.4 is 4.72 Å². The predicted octanol–water partition coefficient (Wildman–Crippen LogP) is 1.69. The van der Waals surface area contributed by atoms with Crippen molar-refractivity contribution in [2.45, 2.75) is 44.3 Å². The Balaban J connectivity index is 4.28. The zero-order valence-corrected chi connectivity index (χ0v) is 12.9. The average Bonchev–Trinajstić information content (AvgIpc) is 2.31. The SMILES string of the molecule is CCC(CC)(CNS(=O)(=O)CCCC(=O)O)SC. The fourth-order valence-electron chi connectivity index (χ4n) is 1.59. The molecular formula is C11H23NO4S2. The number of carboxylic acids is 1. The van der Waals surface area contributed by atoms with Crippen molar-refractivity contribution in [3.8, 4) is 0 Å². The van der Waals surface area contributed by atoms with Crippen molar-refractivity contribution in [1.29, 1.82) is 0 Å². The van der Waals surface area contributed by atoms with Crippen LogP contribution in [0.2, 0.25) is 0 Å². The van der Waals surface area contributed by atoms with Gasteiger partial charge >= 0.3 is 5.97 Å². The zero-order valence-electron chi connectivity index (χ0n) is 11.2. The largest absolute Gasteiger partial charge is 0.481 e. The van der Waals surface area contributed by atoms with Gasteiger partial charge < -0.3 is 5.11 Å². The summed E-state index contributed by atoms with van der Waals surface area (Å²) in [5.41, 5.74) is 0. The van der Waals surface area contributed by atoms with Gasteiger partial charge in [-0.3, -0.25) is 4.79 Å². The van der Waals surface area contributed by atoms with Crippen LogP contribution in [0.15, 0.2) is 0 Å². The number of rotatable bonds is 10. The third-order valence-electron chi connectivity index (χ3n) is 3.14. The summed E-state index contributed by atoms with van der Waals surface area (Å²) in [6.07, 6.45) is 3.79. The van der Waals surface area contributed by atoms with Gasteiger partial charge in [0, 0.05) is 17.7 Å². The Bertz CT molecular complexity index is 342. The van der Waals surface area contributed by atoms with Crippen molar-refractivity contribution in [1.82, 2.24) is 4.72 Å². The fraction of sp³-hybridized carbons (Fsp3) is 0.909. The monoisotopic (exact) mass is 297 g/mol. The Morgan fingerprint density at radius 1 is 1.33 bits per heavy atom. The molecule has 0 amide bonds. The first-order valence-electron chi connectivity index (χ1n) is 6.05. The molecule has 0 bridgehead atoms. The Hall–Kier alpha value is -0.270. The molecule has 0 aromatic carbocycles. The number of hydrogen-bond donors (Lipinski definition) is 2. The highest BCUT2D eigenvalue weighted by Gasteiger charge is 2.26. The van der Waals surface area contributed by atoms with Gasteiger partial charge in [-0.15, -0.1) is 0 Å². The van der Waals surface area contributed by atoms with E-state index in [2.05, 4.69) is 4.72 Å². The highest BCUT2D eigenvalue weighted by Crippen LogP contribution is 2.29. The quantitative estimate of drug-likeness (QED) is 0.641. The molecule has 0 spiro atoms. The Labute approximate surface area is 114 Å². The standard InChI is InChI=1S/C11H23NO4S2/c1-4-11(5-2,17-3)9-12-18(15,16)8-6-7-10(13)14/h12H,4-9H2,1-3H3,(H,13,14). The maximum absolute atomic E-state index is 11.7. The lowest BCUT2D eigenvalue weighted by Crippen LogP contribution is -2.40. The first kappa shape index (κ1) is 17.7. The number of hydrogen-bond acceptors (Lipinski definition) is 4. The van der Waals surface area contributed by atoms with Crippen LogP contribution in [-0.4, -0.2) is 42.8 Å². The molecule has 0 heterocycles. The van der Waals surface area contributed by atoms with Gasteiger partial charge in [-0.1, -0.05) is 13.8 Å². The van der Waals surface area contributed by atoms with E-state index in [1.54, 1.807) is 11.8 Å². The first-order chi connectivity index (χ1) is 8.31. The molecule has 0 saturated carbocycles. The summed E-state index contributed by atoms with van der Waals surface area (Å²) in [5, 5.41) is 8.47. The second-order valence-corrected chi connectivity index (χ2v) is 7.43. The van der Waals surface area contributed by atoms with Crippen molar-refractivity contribution >= 4 is 27.8 Å². The van der Waals surface area contributed by atoms with E-state index in [0.29, 0.717) is 6.54 Å². The summed E-state index contributed by atoms with van der Waals surface area (Å²) in [6.45, 7) is 4.48. The zero-order chi connectivity index (χ0) is 14.2. The van der Waals surface area contributed by atoms with Crippen molar-refractivity contribution in [2.75, 3.05) is 18.6 Å². The van der Waals surface area contributed by atoms with Crippen LogP contribution in [0.4, 0.5) is 0 Å². The molecule has 0 aromatic rings. The van der Waals surface area contributed by atoms with E-state index in [4.69, 9.17) is 5.11 Å². The molecule has 108 valence electrons. The first-order valence-corrected chi connectivity index (χ1v) is 8.93. The predicted molar refractivity (Wildman–Crippen MR) is 75.5 cm³/mol. The minimum absolute atomic E-state index is 0.0696. The van der Waals surface area contributed by atoms with E-state index in [0.717, 1.165) is 12.8 Å². The van der Waals surface area contributed by atoms with E-state index >= 15 is 0 Å². The van der Waals surface area contributed by atoms with Gasteiger partial charge in [0.2, 0.25) is 10.0 Å². The van der Waals surface area contributed by atoms with Crippen LogP contribution in [0.3, 0.4) is 0 Å². The minimum atomic E-state index is -3.37. The van der Waals surface area contributed by atoms with Gasteiger partial charge in [0.1, 0.15) is 0 Å². The molecule has 0 aliphatic heterocycles.